The fraction of sp³-hybridized carbons (Fsp3) is 0.136. The Hall–Kier alpha value is -3.01. The second-order valence-electron chi connectivity index (χ2n) is 7.11. The van der Waals surface area contributed by atoms with Crippen molar-refractivity contribution in [3.63, 3.8) is 0 Å². The van der Waals surface area contributed by atoms with Gasteiger partial charge in [-0.1, -0.05) is 53.7 Å². The number of halogens is 1. The van der Waals surface area contributed by atoms with Gasteiger partial charge in [-0.3, -0.25) is 4.79 Å². The number of benzene rings is 2. The molecule has 7 nitrogen and oxygen atoms in total. The van der Waals surface area contributed by atoms with E-state index in [0.717, 1.165) is 38.9 Å². The fourth-order valence-corrected chi connectivity index (χ4v) is 4.96. The number of aromatic nitrogens is 5. The Labute approximate surface area is 196 Å². The number of carbonyl (C=O) groups is 1. The zero-order valence-electron chi connectivity index (χ0n) is 16.9. The molecule has 0 aliphatic heterocycles. The molecule has 160 valence electrons. The molecule has 0 aliphatic rings. The summed E-state index contributed by atoms with van der Waals surface area (Å²) in [4.78, 5) is 22.4. The van der Waals surface area contributed by atoms with Crippen molar-refractivity contribution in [3.05, 3.63) is 70.2 Å². The number of hydrogen-bond donors (Lipinski definition) is 1. The number of thioether (sulfide) groups is 1. The van der Waals surface area contributed by atoms with Crippen molar-refractivity contribution in [1.82, 2.24) is 24.7 Å². The van der Waals surface area contributed by atoms with Crippen molar-refractivity contribution >= 4 is 67.8 Å². The predicted octanol–water partition coefficient (Wildman–Crippen LogP) is 4.95. The number of rotatable bonds is 6. The maximum atomic E-state index is 12.4. The van der Waals surface area contributed by atoms with Gasteiger partial charge in [0.2, 0.25) is 11.1 Å². The second-order valence-corrected chi connectivity index (χ2v) is 9.61. The van der Waals surface area contributed by atoms with Gasteiger partial charge in [-0.15, -0.1) is 21.5 Å². The summed E-state index contributed by atoms with van der Waals surface area (Å²) in [6.07, 6.45) is 2.52. The number of thiazole rings is 1. The van der Waals surface area contributed by atoms with Crippen LogP contribution in [0.3, 0.4) is 0 Å². The number of fused-ring (bicyclic) bond motifs is 3. The molecule has 0 saturated carbocycles. The van der Waals surface area contributed by atoms with E-state index in [1.165, 1.54) is 23.1 Å². The first-order chi connectivity index (χ1) is 15.6. The topological polar surface area (TPSA) is 85.6 Å². The second kappa shape index (κ2) is 8.85. The van der Waals surface area contributed by atoms with E-state index < -0.39 is 0 Å². The predicted molar refractivity (Wildman–Crippen MR) is 130 cm³/mol. The molecule has 3 aromatic heterocycles. The Bertz CT molecular complexity index is 1430. The molecule has 0 radical (unpaired) electrons. The third-order valence-electron chi connectivity index (χ3n) is 4.91. The van der Waals surface area contributed by atoms with Gasteiger partial charge in [0.05, 0.1) is 11.3 Å². The Morgan fingerprint density at radius 1 is 1.16 bits per heavy atom. The highest BCUT2D eigenvalue weighted by molar-refractivity contribution is 7.99. The monoisotopic (exact) mass is 480 g/mol. The van der Waals surface area contributed by atoms with Crippen molar-refractivity contribution in [2.24, 2.45) is 7.05 Å². The SMILES string of the molecule is Cn1c2ccccc2c2nnc(SCC(=O)Nc3ncc(Cc4ccc(Cl)cc4)s3)nc21. The summed E-state index contributed by atoms with van der Waals surface area (Å²) in [5, 5.41) is 14.1. The Balaban J connectivity index is 1.22. The minimum absolute atomic E-state index is 0.164. The van der Waals surface area contributed by atoms with Crippen molar-refractivity contribution in [2.75, 3.05) is 11.1 Å². The number of anilines is 1. The molecular weight excluding hydrogens is 464 g/mol. The summed E-state index contributed by atoms with van der Waals surface area (Å²) >= 11 is 8.63. The van der Waals surface area contributed by atoms with Crippen molar-refractivity contribution in [1.29, 1.82) is 0 Å². The molecule has 0 spiro atoms. The summed E-state index contributed by atoms with van der Waals surface area (Å²) in [6.45, 7) is 0. The average Bonchev–Trinajstić information content (AvgIpc) is 3.36. The lowest BCUT2D eigenvalue weighted by atomic mass is 10.1. The summed E-state index contributed by atoms with van der Waals surface area (Å²) in [5.41, 5.74) is 3.69. The van der Waals surface area contributed by atoms with Gasteiger partial charge in [0.25, 0.3) is 0 Å². The van der Waals surface area contributed by atoms with Gasteiger partial charge in [-0.2, -0.15) is 0 Å². The molecule has 1 N–H and O–H groups in total. The van der Waals surface area contributed by atoms with Gasteiger partial charge in [-0.25, -0.2) is 9.97 Å². The van der Waals surface area contributed by atoms with Crippen LogP contribution in [-0.2, 0) is 18.3 Å². The quantitative estimate of drug-likeness (QED) is 0.346. The van der Waals surface area contributed by atoms with E-state index in [0.29, 0.717) is 15.3 Å². The van der Waals surface area contributed by atoms with Crippen LogP contribution in [0.2, 0.25) is 5.02 Å². The third-order valence-corrected chi connectivity index (χ3v) is 6.91. The number of nitrogens with one attached hydrogen (secondary N) is 1. The van der Waals surface area contributed by atoms with Crippen molar-refractivity contribution < 1.29 is 4.79 Å². The molecule has 1 amide bonds. The maximum Gasteiger partial charge on any atom is 0.236 e. The average molecular weight is 481 g/mol. The lowest BCUT2D eigenvalue weighted by Gasteiger charge is -2.02. The van der Waals surface area contributed by atoms with E-state index in [4.69, 9.17) is 11.6 Å². The number of nitrogens with zero attached hydrogens (tertiary/aromatic N) is 5. The first-order valence-electron chi connectivity index (χ1n) is 9.76. The van der Waals surface area contributed by atoms with Crippen molar-refractivity contribution in [2.45, 2.75) is 11.6 Å². The standard InChI is InChI=1S/C22H17ClN6OS2/c1-29-17-5-3-2-4-16(17)19-20(29)26-22(28-27-19)31-12-18(30)25-21-24-11-15(32-21)10-13-6-8-14(23)9-7-13/h2-9,11H,10,12H2,1H3,(H,24,25,30). The van der Waals surface area contributed by atoms with Crippen LogP contribution in [0, 0.1) is 0 Å². The van der Waals surface area contributed by atoms with E-state index in [2.05, 4.69) is 25.5 Å². The first kappa shape index (κ1) is 20.9. The summed E-state index contributed by atoms with van der Waals surface area (Å²) < 4.78 is 1.99. The number of para-hydroxylation sites is 1. The van der Waals surface area contributed by atoms with Gasteiger partial charge in [0.1, 0.15) is 5.52 Å². The molecule has 5 rings (SSSR count). The molecule has 2 aromatic carbocycles. The van der Waals surface area contributed by atoms with Gasteiger partial charge in [0.15, 0.2) is 10.8 Å². The van der Waals surface area contributed by atoms with Crippen LogP contribution in [0.25, 0.3) is 22.1 Å². The number of amides is 1. The zero-order chi connectivity index (χ0) is 22.1. The van der Waals surface area contributed by atoms with E-state index in [9.17, 15) is 4.79 Å². The van der Waals surface area contributed by atoms with E-state index in [1.807, 2.05) is 60.1 Å². The molecule has 0 unspecified atom stereocenters. The van der Waals surface area contributed by atoms with Crippen LogP contribution in [0.1, 0.15) is 10.4 Å². The minimum atomic E-state index is -0.164. The number of aryl methyl sites for hydroxylation is 1. The highest BCUT2D eigenvalue weighted by Gasteiger charge is 2.14. The van der Waals surface area contributed by atoms with Crippen LogP contribution < -0.4 is 5.32 Å². The first-order valence-corrected chi connectivity index (χ1v) is 11.9. The normalized spacial score (nSPS) is 11.3. The molecule has 10 heteroatoms. The summed E-state index contributed by atoms with van der Waals surface area (Å²) in [6, 6.07) is 15.7. The summed E-state index contributed by atoms with van der Waals surface area (Å²) in [5.74, 6) is 0.00610. The van der Waals surface area contributed by atoms with Gasteiger partial charge < -0.3 is 9.88 Å². The van der Waals surface area contributed by atoms with E-state index in [-0.39, 0.29) is 11.7 Å². The van der Waals surface area contributed by atoms with Gasteiger partial charge in [0, 0.05) is 35.0 Å². The summed E-state index contributed by atoms with van der Waals surface area (Å²) in [7, 11) is 1.95. The molecule has 3 heterocycles. The zero-order valence-corrected chi connectivity index (χ0v) is 19.3. The number of carbonyl (C=O) groups excluding carboxylic acids is 1. The smallest absolute Gasteiger partial charge is 0.236 e. The maximum absolute atomic E-state index is 12.4. The van der Waals surface area contributed by atoms with Crippen LogP contribution in [-0.4, -0.2) is 36.4 Å². The Kier molecular flexibility index (Phi) is 5.77. The lowest BCUT2D eigenvalue weighted by molar-refractivity contribution is -0.113. The Morgan fingerprint density at radius 2 is 1.97 bits per heavy atom. The molecule has 5 aromatic rings. The highest BCUT2D eigenvalue weighted by atomic mass is 35.5. The highest BCUT2D eigenvalue weighted by Crippen LogP contribution is 2.26. The molecule has 0 saturated heterocycles. The van der Waals surface area contributed by atoms with Crippen LogP contribution in [0.15, 0.2) is 59.9 Å². The van der Waals surface area contributed by atoms with Crippen LogP contribution in [0.5, 0.6) is 0 Å². The molecular formula is C22H17ClN6OS2. The largest absolute Gasteiger partial charge is 0.327 e. The van der Waals surface area contributed by atoms with Crippen LogP contribution in [0.4, 0.5) is 5.13 Å². The van der Waals surface area contributed by atoms with Gasteiger partial charge >= 0.3 is 0 Å². The fourth-order valence-electron chi connectivity index (χ4n) is 3.39. The molecule has 32 heavy (non-hydrogen) atoms. The van der Waals surface area contributed by atoms with Gasteiger partial charge in [-0.05, 0) is 23.8 Å². The van der Waals surface area contributed by atoms with E-state index >= 15 is 0 Å². The number of hydrogen-bond acceptors (Lipinski definition) is 7. The minimum Gasteiger partial charge on any atom is -0.327 e. The van der Waals surface area contributed by atoms with Crippen molar-refractivity contribution in [3.8, 4) is 0 Å². The molecule has 0 bridgehead atoms. The van der Waals surface area contributed by atoms with E-state index in [1.54, 1.807) is 6.20 Å². The molecule has 0 fully saturated rings. The Morgan fingerprint density at radius 3 is 2.81 bits per heavy atom. The molecule has 0 atom stereocenters. The molecule has 0 aliphatic carbocycles. The third kappa shape index (κ3) is 4.32. The lowest BCUT2D eigenvalue weighted by Crippen LogP contribution is -2.14. The van der Waals surface area contributed by atoms with Crippen LogP contribution >= 0.6 is 34.7 Å².